The smallest absolute Gasteiger partial charge is 0.213 e. The lowest BCUT2D eigenvalue weighted by atomic mass is 10.1. The largest absolute Gasteiger partial charge is 0.287 e. The van der Waals surface area contributed by atoms with Crippen molar-refractivity contribution in [2.24, 2.45) is 7.05 Å². The molecule has 94 valence electrons. The third kappa shape index (κ3) is 1.91. The predicted molar refractivity (Wildman–Crippen MR) is 70.5 cm³/mol. The number of aromatic nitrogens is 2. The molecule has 0 saturated heterocycles. The number of carbonyl (C=O) groups excluding carboxylic acids is 1. The molecule has 4 heteroatoms. The Labute approximate surface area is 109 Å². The molecular formula is C15H11FN2O. The molecule has 0 aliphatic rings. The summed E-state index contributed by atoms with van der Waals surface area (Å²) in [6, 6.07) is 13.0. The maximum atomic E-state index is 12.9. The van der Waals surface area contributed by atoms with Crippen molar-refractivity contribution in [3.05, 3.63) is 65.6 Å². The van der Waals surface area contributed by atoms with Crippen molar-refractivity contribution >= 4 is 16.7 Å². The van der Waals surface area contributed by atoms with Gasteiger partial charge in [-0.1, -0.05) is 18.2 Å². The monoisotopic (exact) mass is 254 g/mol. The number of hydrogen-bond donors (Lipinski definition) is 0. The standard InChI is InChI=1S/C15H11FN2O/c1-18-13-5-3-2-4-12(13)14(17-18)15(19)10-6-8-11(16)9-7-10/h2-9H,1H3. The van der Waals surface area contributed by atoms with E-state index in [4.69, 9.17) is 0 Å². The lowest BCUT2D eigenvalue weighted by Crippen LogP contribution is -2.03. The summed E-state index contributed by atoms with van der Waals surface area (Å²) < 4.78 is 14.6. The van der Waals surface area contributed by atoms with E-state index in [0.717, 1.165) is 10.9 Å². The van der Waals surface area contributed by atoms with E-state index in [-0.39, 0.29) is 11.6 Å². The van der Waals surface area contributed by atoms with Crippen LogP contribution in [0.15, 0.2) is 48.5 Å². The number of para-hydroxylation sites is 1. The zero-order valence-electron chi connectivity index (χ0n) is 10.3. The van der Waals surface area contributed by atoms with Gasteiger partial charge in [0.25, 0.3) is 0 Å². The van der Waals surface area contributed by atoms with Crippen LogP contribution in [0.5, 0.6) is 0 Å². The Morgan fingerprint density at radius 1 is 1.11 bits per heavy atom. The van der Waals surface area contributed by atoms with Crippen LogP contribution in [0.1, 0.15) is 16.1 Å². The predicted octanol–water partition coefficient (Wildman–Crippen LogP) is 2.94. The summed E-state index contributed by atoms with van der Waals surface area (Å²) in [7, 11) is 1.80. The number of rotatable bonds is 2. The number of benzene rings is 2. The maximum absolute atomic E-state index is 12.9. The lowest BCUT2D eigenvalue weighted by Gasteiger charge is -1.98. The molecule has 0 fully saturated rings. The van der Waals surface area contributed by atoms with Crippen molar-refractivity contribution in [1.29, 1.82) is 0 Å². The average Bonchev–Trinajstić information content (AvgIpc) is 2.77. The molecule has 0 N–H and O–H groups in total. The Hall–Kier alpha value is -2.49. The van der Waals surface area contributed by atoms with Crippen molar-refractivity contribution in [2.75, 3.05) is 0 Å². The van der Waals surface area contributed by atoms with Crippen LogP contribution in [0.4, 0.5) is 4.39 Å². The highest BCUT2D eigenvalue weighted by atomic mass is 19.1. The number of ketones is 1. The van der Waals surface area contributed by atoms with Gasteiger partial charge < -0.3 is 0 Å². The molecule has 0 unspecified atom stereocenters. The molecule has 19 heavy (non-hydrogen) atoms. The van der Waals surface area contributed by atoms with Gasteiger partial charge in [-0.15, -0.1) is 0 Å². The van der Waals surface area contributed by atoms with Crippen LogP contribution in [-0.2, 0) is 7.05 Å². The van der Waals surface area contributed by atoms with Crippen LogP contribution in [0.2, 0.25) is 0 Å². The minimum atomic E-state index is -0.359. The van der Waals surface area contributed by atoms with Crippen molar-refractivity contribution in [3.63, 3.8) is 0 Å². The SMILES string of the molecule is Cn1nc(C(=O)c2ccc(F)cc2)c2ccccc21. The Kier molecular flexibility index (Phi) is 2.63. The molecule has 0 spiro atoms. The van der Waals surface area contributed by atoms with Gasteiger partial charge in [0.15, 0.2) is 0 Å². The highest BCUT2D eigenvalue weighted by Gasteiger charge is 2.17. The fourth-order valence-corrected chi connectivity index (χ4v) is 2.12. The van der Waals surface area contributed by atoms with E-state index in [1.165, 1.54) is 24.3 Å². The number of fused-ring (bicyclic) bond motifs is 1. The topological polar surface area (TPSA) is 34.9 Å². The summed E-state index contributed by atoms with van der Waals surface area (Å²) in [5.74, 6) is -0.556. The van der Waals surface area contributed by atoms with Gasteiger partial charge in [0.1, 0.15) is 11.5 Å². The normalized spacial score (nSPS) is 10.8. The van der Waals surface area contributed by atoms with E-state index in [1.807, 2.05) is 24.3 Å². The molecule has 3 rings (SSSR count). The first-order chi connectivity index (χ1) is 9.16. The molecule has 0 aliphatic heterocycles. The molecule has 3 nitrogen and oxygen atoms in total. The Morgan fingerprint density at radius 2 is 1.79 bits per heavy atom. The van der Waals surface area contributed by atoms with Gasteiger partial charge in [-0.2, -0.15) is 5.10 Å². The molecule has 0 saturated carbocycles. The van der Waals surface area contributed by atoms with E-state index >= 15 is 0 Å². The van der Waals surface area contributed by atoms with Crippen molar-refractivity contribution < 1.29 is 9.18 Å². The van der Waals surface area contributed by atoms with E-state index in [0.29, 0.717) is 11.3 Å². The molecule has 1 heterocycles. The number of carbonyl (C=O) groups is 1. The molecule has 0 radical (unpaired) electrons. The van der Waals surface area contributed by atoms with Gasteiger partial charge >= 0.3 is 0 Å². The third-order valence-corrected chi connectivity index (χ3v) is 3.08. The first-order valence-corrected chi connectivity index (χ1v) is 5.89. The van der Waals surface area contributed by atoms with Gasteiger partial charge in [0.2, 0.25) is 5.78 Å². The van der Waals surface area contributed by atoms with Gasteiger partial charge in [-0.05, 0) is 30.3 Å². The fraction of sp³-hybridized carbons (Fsp3) is 0.0667. The quantitative estimate of drug-likeness (QED) is 0.659. The van der Waals surface area contributed by atoms with Crippen molar-refractivity contribution in [2.45, 2.75) is 0 Å². The van der Waals surface area contributed by atoms with Crippen molar-refractivity contribution in [3.8, 4) is 0 Å². The second-order valence-corrected chi connectivity index (χ2v) is 4.33. The van der Waals surface area contributed by atoms with Gasteiger partial charge in [-0.3, -0.25) is 9.48 Å². The minimum absolute atomic E-state index is 0.197. The summed E-state index contributed by atoms with van der Waals surface area (Å²) in [6.45, 7) is 0. The van der Waals surface area contributed by atoms with Crippen LogP contribution in [0, 0.1) is 5.82 Å². The van der Waals surface area contributed by atoms with E-state index < -0.39 is 0 Å². The van der Waals surface area contributed by atoms with E-state index in [2.05, 4.69) is 5.10 Å². The van der Waals surface area contributed by atoms with Crippen molar-refractivity contribution in [1.82, 2.24) is 9.78 Å². The van der Waals surface area contributed by atoms with Crippen LogP contribution < -0.4 is 0 Å². The lowest BCUT2D eigenvalue weighted by molar-refractivity contribution is 0.103. The van der Waals surface area contributed by atoms with Crippen LogP contribution >= 0.6 is 0 Å². The van der Waals surface area contributed by atoms with Crippen LogP contribution in [0.3, 0.4) is 0 Å². The fourth-order valence-electron chi connectivity index (χ4n) is 2.12. The zero-order chi connectivity index (χ0) is 13.4. The number of aryl methyl sites for hydroxylation is 1. The third-order valence-electron chi connectivity index (χ3n) is 3.08. The second-order valence-electron chi connectivity index (χ2n) is 4.33. The zero-order valence-corrected chi connectivity index (χ0v) is 10.3. The van der Waals surface area contributed by atoms with Crippen LogP contribution in [-0.4, -0.2) is 15.6 Å². The molecule has 0 atom stereocenters. The number of nitrogens with zero attached hydrogens (tertiary/aromatic N) is 2. The minimum Gasteiger partial charge on any atom is -0.287 e. The molecule has 3 aromatic rings. The summed E-state index contributed by atoms with van der Waals surface area (Å²) in [5, 5.41) is 5.07. The molecule has 0 aliphatic carbocycles. The van der Waals surface area contributed by atoms with Gasteiger partial charge in [0, 0.05) is 18.0 Å². The molecule has 0 amide bonds. The molecule has 0 bridgehead atoms. The summed E-state index contributed by atoms with van der Waals surface area (Å²) in [4.78, 5) is 12.4. The Balaban J connectivity index is 2.14. The number of hydrogen-bond acceptors (Lipinski definition) is 2. The van der Waals surface area contributed by atoms with Crippen LogP contribution in [0.25, 0.3) is 10.9 Å². The molecular weight excluding hydrogens is 243 g/mol. The maximum Gasteiger partial charge on any atom is 0.213 e. The first-order valence-electron chi connectivity index (χ1n) is 5.89. The van der Waals surface area contributed by atoms with Gasteiger partial charge in [-0.25, -0.2) is 4.39 Å². The van der Waals surface area contributed by atoms with E-state index in [1.54, 1.807) is 11.7 Å². The highest BCUT2D eigenvalue weighted by molar-refractivity contribution is 6.14. The highest BCUT2D eigenvalue weighted by Crippen LogP contribution is 2.20. The second kappa shape index (κ2) is 4.31. The summed E-state index contributed by atoms with van der Waals surface area (Å²) in [5.41, 5.74) is 1.72. The summed E-state index contributed by atoms with van der Waals surface area (Å²) >= 11 is 0. The van der Waals surface area contributed by atoms with Gasteiger partial charge in [0.05, 0.1) is 5.52 Å². The molecule has 1 aromatic heterocycles. The molecule has 2 aromatic carbocycles. The number of halogens is 1. The summed E-state index contributed by atoms with van der Waals surface area (Å²) in [6.07, 6.45) is 0. The Morgan fingerprint density at radius 3 is 2.53 bits per heavy atom. The average molecular weight is 254 g/mol. The van der Waals surface area contributed by atoms with E-state index in [9.17, 15) is 9.18 Å². The first kappa shape index (κ1) is 11.6. The Bertz CT molecular complexity index is 759.